The summed E-state index contributed by atoms with van der Waals surface area (Å²) in [7, 11) is 0. The van der Waals surface area contributed by atoms with Gasteiger partial charge in [-0.05, 0) is 18.2 Å². The van der Waals surface area contributed by atoms with Crippen molar-refractivity contribution in [1.82, 2.24) is 9.97 Å². The average molecular weight is 362 g/mol. The molecule has 1 saturated heterocycles. The molecule has 1 aliphatic heterocycles. The number of morpholine rings is 1. The highest BCUT2D eigenvalue weighted by atomic mass is 16.5. The predicted octanol–water partition coefficient (Wildman–Crippen LogP) is 3.72. The molecule has 0 aliphatic carbocycles. The summed E-state index contributed by atoms with van der Waals surface area (Å²) >= 11 is 0. The minimum atomic E-state index is 0.614. The highest BCUT2D eigenvalue weighted by Gasteiger charge is 2.13. The van der Waals surface area contributed by atoms with Gasteiger partial charge in [-0.3, -0.25) is 0 Å². The zero-order valence-corrected chi connectivity index (χ0v) is 15.0. The molecule has 27 heavy (non-hydrogen) atoms. The molecule has 1 fully saturated rings. The van der Waals surface area contributed by atoms with Crippen molar-refractivity contribution in [3.63, 3.8) is 0 Å². The smallest absolute Gasteiger partial charge is 0.134 e. The third kappa shape index (κ3) is 4.54. The molecule has 0 bridgehead atoms. The van der Waals surface area contributed by atoms with Crippen LogP contribution in [0.2, 0.25) is 0 Å². The van der Waals surface area contributed by atoms with Crippen LogP contribution in [-0.2, 0) is 11.3 Å². The average Bonchev–Trinajstić information content (AvgIpc) is 2.75. The van der Waals surface area contributed by atoms with Gasteiger partial charge in [0.1, 0.15) is 29.5 Å². The van der Waals surface area contributed by atoms with E-state index in [1.54, 1.807) is 6.33 Å². The van der Waals surface area contributed by atoms with E-state index < -0.39 is 0 Å². The second-order valence-electron chi connectivity index (χ2n) is 6.24. The highest BCUT2D eigenvalue weighted by Crippen LogP contribution is 2.26. The van der Waals surface area contributed by atoms with Crippen LogP contribution < -0.4 is 15.0 Å². The molecule has 1 N–H and O–H groups in total. The minimum Gasteiger partial charge on any atom is -0.457 e. The first-order chi connectivity index (χ1) is 13.4. The van der Waals surface area contributed by atoms with Crippen LogP contribution in [0.1, 0.15) is 5.56 Å². The number of nitrogens with one attached hydrogen (secondary N) is 1. The van der Waals surface area contributed by atoms with Crippen LogP contribution in [0.5, 0.6) is 11.5 Å². The van der Waals surface area contributed by atoms with Gasteiger partial charge in [0.2, 0.25) is 0 Å². The number of anilines is 2. The van der Waals surface area contributed by atoms with Gasteiger partial charge in [-0.15, -0.1) is 0 Å². The first kappa shape index (κ1) is 17.3. The highest BCUT2D eigenvalue weighted by molar-refractivity contribution is 5.49. The summed E-state index contributed by atoms with van der Waals surface area (Å²) in [4.78, 5) is 10.9. The number of rotatable bonds is 6. The molecule has 2 heterocycles. The van der Waals surface area contributed by atoms with E-state index in [2.05, 4.69) is 26.3 Å². The van der Waals surface area contributed by atoms with Crippen molar-refractivity contribution in [1.29, 1.82) is 0 Å². The summed E-state index contributed by atoms with van der Waals surface area (Å²) in [6.45, 7) is 3.78. The number of aromatic nitrogens is 2. The summed E-state index contributed by atoms with van der Waals surface area (Å²) in [5.74, 6) is 3.37. The molecule has 4 rings (SSSR count). The van der Waals surface area contributed by atoms with Crippen molar-refractivity contribution in [2.24, 2.45) is 0 Å². The Morgan fingerprint density at radius 2 is 1.74 bits per heavy atom. The molecule has 2 aromatic carbocycles. The van der Waals surface area contributed by atoms with Crippen molar-refractivity contribution < 1.29 is 9.47 Å². The number of para-hydroxylation sites is 2. The molecule has 6 heteroatoms. The van der Waals surface area contributed by atoms with Crippen LogP contribution in [0.3, 0.4) is 0 Å². The van der Waals surface area contributed by atoms with Crippen molar-refractivity contribution in [3.05, 3.63) is 72.6 Å². The molecular weight excluding hydrogens is 340 g/mol. The number of ether oxygens (including phenoxy) is 2. The van der Waals surface area contributed by atoms with Crippen LogP contribution in [0, 0.1) is 0 Å². The van der Waals surface area contributed by atoms with E-state index in [0.29, 0.717) is 6.54 Å². The lowest BCUT2D eigenvalue weighted by Gasteiger charge is -2.27. The lowest BCUT2D eigenvalue weighted by Crippen LogP contribution is -2.36. The Bertz CT molecular complexity index is 867. The summed E-state index contributed by atoms with van der Waals surface area (Å²) < 4.78 is 11.4. The van der Waals surface area contributed by atoms with E-state index in [-0.39, 0.29) is 0 Å². The quantitative estimate of drug-likeness (QED) is 0.721. The van der Waals surface area contributed by atoms with E-state index in [4.69, 9.17) is 9.47 Å². The van der Waals surface area contributed by atoms with Crippen molar-refractivity contribution >= 4 is 11.6 Å². The van der Waals surface area contributed by atoms with Crippen LogP contribution in [0.15, 0.2) is 67.0 Å². The molecule has 138 valence electrons. The van der Waals surface area contributed by atoms with Gasteiger partial charge in [0, 0.05) is 31.3 Å². The van der Waals surface area contributed by atoms with E-state index in [1.165, 1.54) is 0 Å². The minimum absolute atomic E-state index is 0.614. The first-order valence-electron chi connectivity index (χ1n) is 9.08. The molecule has 0 radical (unpaired) electrons. The molecule has 6 nitrogen and oxygen atoms in total. The molecule has 0 atom stereocenters. The molecular formula is C21H22N4O2. The molecule has 0 unspecified atom stereocenters. The second-order valence-corrected chi connectivity index (χ2v) is 6.24. The van der Waals surface area contributed by atoms with Crippen LogP contribution in [-0.4, -0.2) is 36.3 Å². The standard InChI is InChI=1S/C21H22N4O2/c1-2-7-18(8-3-1)27-19-9-5-4-6-17(19)15-22-20-14-21(24-16-23-20)25-10-12-26-13-11-25/h1-9,14,16H,10-13,15H2,(H,22,23,24). The lowest BCUT2D eigenvalue weighted by molar-refractivity contribution is 0.122. The van der Waals surface area contributed by atoms with Crippen LogP contribution >= 0.6 is 0 Å². The van der Waals surface area contributed by atoms with Gasteiger partial charge in [0.25, 0.3) is 0 Å². The summed E-state index contributed by atoms with van der Waals surface area (Å²) in [6, 6.07) is 19.8. The van der Waals surface area contributed by atoms with Crippen LogP contribution in [0.25, 0.3) is 0 Å². The second kappa shape index (κ2) is 8.51. The molecule has 0 spiro atoms. The van der Waals surface area contributed by atoms with Gasteiger partial charge >= 0.3 is 0 Å². The Kier molecular flexibility index (Phi) is 5.45. The summed E-state index contributed by atoms with van der Waals surface area (Å²) in [6.07, 6.45) is 1.60. The summed E-state index contributed by atoms with van der Waals surface area (Å²) in [5, 5.41) is 3.38. The van der Waals surface area contributed by atoms with Gasteiger partial charge < -0.3 is 19.7 Å². The zero-order chi connectivity index (χ0) is 18.3. The van der Waals surface area contributed by atoms with Gasteiger partial charge in [-0.25, -0.2) is 9.97 Å². The fourth-order valence-electron chi connectivity index (χ4n) is 2.96. The monoisotopic (exact) mass is 362 g/mol. The normalized spacial score (nSPS) is 14.0. The summed E-state index contributed by atoms with van der Waals surface area (Å²) in [5.41, 5.74) is 1.06. The van der Waals surface area contributed by atoms with Crippen molar-refractivity contribution in [2.45, 2.75) is 6.54 Å². The first-order valence-corrected chi connectivity index (χ1v) is 9.08. The maximum atomic E-state index is 6.02. The fraction of sp³-hybridized carbons (Fsp3) is 0.238. The van der Waals surface area contributed by atoms with E-state index in [0.717, 1.165) is 55.0 Å². The Morgan fingerprint density at radius 1 is 0.963 bits per heavy atom. The Balaban J connectivity index is 1.44. The lowest BCUT2D eigenvalue weighted by atomic mass is 10.2. The SMILES string of the molecule is c1ccc(Oc2ccccc2CNc2cc(N3CCOCC3)ncn2)cc1. The van der Waals surface area contributed by atoms with E-state index in [1.807, 2.05) is 54.6 Å². The molecule has 1 aliphatic rings. The van der Waals surface area contributed by atoms with Gasteiger partial charge in [-0.1, -0.05) is 36.4 Å². The number of nitrogens with zero attached hydrogens (tertiary/aromatic N) is 3. The Labute approximate surface area is 158 Å². The van der Waals surface area contributed by atoms with Crippen LogP contribution in [0.4, 0.5) is 11.6 Å². The predicted molar refractivity (Wildman–Crippen MR) is 105 cm³/mol. The van der Waals surface area contributed by atoms with Crippen molar-refractivity contribution in [2.75, 3.05) is 36.5 Å². The van der Waals surface area contributed by atoms with Crippen molar-refractivity contribution in [3.8, 4) is 11.5 Å². The molecule has 0 saturated carbocycles. The van der Waals surface area contributed by atoms with Gasteiger partial charge in [-0.2, -0.15) is 0 Å². The molecule has 0 amide bonds. The third-order valence-electron chi connectivity index (χ3n) is 4.39. The Hall–Kier alpha value is -3.12. The topological polar surface area (TPSA) is 59.5 Å². The van der Waals surface area contributed by atoms with E-state index in [9.17, 15) is 0 Å². The maximum absolute atomic E-state index is 6.02. The van der Waals surface area contributed by atoms with Gasteiger partial charge in [0.05, 0.1) is 13.2 Å². The largest absolute Gasteiger partial charge is 0.457 e. The number of hydrogen-bond acceptors (Lipinski definition) is 6. The van der Waals surface area contributed by atoms with Gasteiger partial charge in [0.15, 0.2) is 0 Å². The number of benzene rings is 2. The Morgan fingerprint density at radius 3 is 2.59 bits per heavy atom. The third-order valence-corrected chi connectivity index (χ3v) is 4.39. The number of hydrogen-bond donors (Lipinski definition) is 1. The van der Waals surface area contributed by atoms with E-state index >= 15 is 0 Å². The fourth-order valence-corrected chi connectivity index (χ4v) is 2.96. The molecule has 3 aromatic rings. The molecule has 1 aromatic heterocycles. The zero-order valence-electron chi connectivity index (χ0n) is 15.0. The maximum Gasteiger partial charge on any atom is 0.134 e.